The van der Waals surface area contributed by atoms with Gasteiger partial charge in [0.05, 0.1) is 18.4 Å². The Morgan fingerprint density at radius 2 is 2.06 bits per heavy atom. The molecule has 0 aliphatic heterocycles. The van der Waals surface area contributed by atoms with Crippen LogP contribution in [0.3, 0.4) is 0 Å². The third-order valence-electron chi connectivity index (χ3n) is 2.55. The number of benzene rings is 1. The van der Waals surface area contributed by atoms with E-state index in [1.807, 2.05) is 19.1 Å². The molecule has 18 heavy (non-hydrogen) atoms. The second kappa shape index (κ2) is 4.87. The number of hydrogen-bond acceptors (Lipinski definition) is 4. The number of carbonyl (C=O) groups is 1. The fraction of sp³-hybridized carbons (Fsp3) is 0.143. The first-order chi connectivity index (χ1) is 8.60. The maximum absolute atomic E-state index is 11.4. The molecule has 92 valence electrons. The van der Waals surface area contributed by atoms with Gasteiger partial charge in [-0.1, -0.05) is 6.07 Å². The summed E-state index contributed by atoms with van der Waals surface area (Å²) in [6.45, 7) is 1.94. The Hall–Kier alpha value is -2.36. The van der Waals surface area contributed by atoms with E-state index < -0.39 is 5.97 Å². The molecule has 0 saturated carbocycles. The molecule has 1 heterocycles. The molecular formula is C14H13NO3. The Morgan fingerprint density at radius 3 is 2.67 bits per heavy atom. The molecule has 2 aromatic rings. The molecule has 4 nitrogen and oxygen atoms in total. The highest BCUT2D eigenvalue weighted by Crippen LogP contribution is 2.24. The number of hydrogen-bond donors (Lipinski definition) is 1. The lowest BCUT2D eigenvalue weighted by Crippen LogP contribution is -2.01. The van der Waals surface area contributed by atoms with Crippen LogP contribution < -0.4 is 0 Å². The number of methoxy groups -OCH3 is 1. The third-order valence-corrected chi connectivity index (χ3v) is 2.55. The fourth-order valence-electron chi connectivity index (χ4n) is 1.63. The Bertz CT molecular complexity index is 576. The van der Waals surface area contributed by atoms with Gasteiger partial charge >= 0.3 is 5.97 Å². The van der Waals surface area contributed by atoms with Crippen LogP contribution in [0.15, 0.2) is 36.5 Å². The van der Waals surface area contributed by atoms with Crippen molar-refractivity contribution in [3.8, 4) is 17.0 Å². The predicted molar refractivity (Wildman–Crippen MR) is 67.4 cm³/mol. The lowest BCUT2D eigenvalue weighted by molar-refractivity contribution is 0.0600. The summed E-state index contributed by atoms with van der Waals surface area (Å²) in [6.07, 6.45) is 1.73. The fourth-order valence-corrected chi connectivity index (χ4v) is 1.63. The number of phenols is 1. The monoisotopic (exact) mass is 243 g/mol. The zero-order chi connectivity index (χ0) is 13.1. The van der Waals surface area contributed by atoms with Gasteiger partial charge in [0.2, 0.25) is 0 Å². The number of pyridine rings is 1. The van der Waals surface area contributed by atoms with Crippen LogP contribution in [0.2, 0.25) is 0 Å². The summed E-state index contributed by atoms with van der Waals surface area (Å²) in [5.41, 5.74) is 2.72. The first kappa shape index (κ1) is 12.1. The lowest BCUT2D eigenvalue weighted by atomic mass is 10.1. The number of nitrogens with zero attached hydrogens (tertiary/aromatic N) is 1. The molecule has 0 aliphatic carbocycles. The molecule has 1 aromatic heterocycles. The first-order valence-corrected chi connectivity index (χ1v) is 5.45. The largest absolute Gasteiger partial charge is 0.508 e. The number of esters is 1. The molecule has 0 aliphatic rings. The molecule has 4 heteroatoms. The van der Waals surface area contributed by atoms with Gasteiger partial charge in [0, 0.05) is 11.8 Å². The summed E-state index contributed by atoms with van der Waals surface area (Å²) >= 11 is 0. The maximum atomic E-state index is 11.4. The van der Waals surface area contributed by atoms with Gasteiger partial charge in [-0.05, 0) is 36.8 Å². The van der Waals surface area contributed by atoms with Crippen LogP contribution in [0.25, 0.3) is 11.3 Å². The van der Waals surface area contributed by atoms with Crippen molar-refractivity contribution in [2.75, 3.05) is 7.11 Å². The molecule has 0 unspecified atom stereocenters. The summed E-state index contributed by atoms with van der Waals surface area (Å²) in [5, 5.41) is 9.62. The summed E-state index contributed by atoms with van der Waals surface area (Å²) in [6, 6.07) is 8.33. The van der Waals surface area contributed by atoms with Gasteiger partial charge < -0.3 is 9.84 Å². The van der Waals surface area contributed by atoms with Gasteiger partial charge in [-0.15, -0.1) is 0 Å². The molecule has 1 N–H and O–H groups in total. The molecule has 2 rings (SSSR count). The van der Waals surface area contributed by atoms with Crippen LogP contribution >= 0.6 is 0 Å². The molecule has 0 atom stereocenters. The van der Waals surface area contributed by atoms with Crippen LogP contribution in [0.4, 0.5) is 0 Å². The quantitative estimate of drug-likeness (QED) is 0.823. The van der Waals surface area contributed by atoms with E-state index in [-0.39, 0.29) is 5.75 Å². The first-order valence-electron chi connectivity index (χ1n) is 5.45. The second-order valence-electron chi connectivity index (χ2n) is 3.98. The number of phenolic OH excluding ortho intramolecular Hbond substituents is 1. The van der Waals surface area contributed by atoms with E-state index in [4.69, 9.17) is 0 Å². The van der Waals surface area contributed by atoms with E-state index >= 15 is 0 Å². The molecule has 0 saturated heterocycles. The molecule has 0 bridgehead atoms. The summed E-state index contributed by atoms with van der Waals surface area (Å²) in [4.78, 5) is 15.7. The number of aromatic hydroxyl groups is 1. The molecule has 0 spiro atoms. The van der Waals surface area contributed by atoms with Crippen molar-refractivity contribution in [3.05, 3.63) is 47.7 Å². The van der Waals surface area contributed by atoms with Gasteiger partial charge in [0.1, 0.15) is 5.75 Å². The lowest BCUT2D eigenvalue weighted by Gasteiger charge is -2.05. The Labute approximate surface area is 105 Å². The maximum Gasteiger partial charge on any atom is 0.338 e. The van der Waals surface area contributed by atoms with Crippen molar-refractivity contribution in [1.82, 2.24) is 4.98 Å². The van der Waals surface area contributed by atoms with Crippen LogP contribution in [-0.4, -0.2) is 23.2 Å². The van der Waals surface area contributed by atoms with Crippen LogP contribution in [-0.2, 0) is 4.74 Å². The van der Waals surface area contributed by atoms with Gasteiger partial charge in [0.25, 0.3) is 0 Å². The minimum absolute atomic E-state index is 0.00951. The highest BCUT2D eigenvalue weighted by Gasteiger charge is 2.10. The number of carbonyl (C=O) groups excluding carboxylic acids is 1. The standard InChI is InChI=1S/C14H13NO3/c1-9-3-4-13(15-8-9)10-5-11(14(17)18-2)7-12(16)6-10/h3-8,16H,1-2H3. The second-order valence-corrected chi connectivity index (χ2v) is 3.98. The molecule has 0 fully saturated rings. The minimum atomic E-state index is -0.487. The highest BCUT2D eigenvalue weighted by molar-refractivity contribution is 5.91. The van der Waals surface area contributed by atoms with Crippen molar-refractivity contribution in [3.63, 3.8) is 0 Å². The minimum Gasteiger partial charge on any atom is -0.508 e. The van der Waals surface area contributed by atoms with Crippen molar-refractivity contribution in [2.45, 2.75) is 6.92 Å². The average molecular weight is 243 g/mol. The van der Waals surface area contributed by atoms with Crippen molar-refractivity contribution in [1.29, 1.82) is 0 Å². The van der Waals surface area contributed by atoms with Crippen molar-refractivity contribution in [2.24, 2.45) is 0 Å². The number of rotatable bonds is 2. The molecule has 0 radical (unpaired) electrons. The number of ether oxygens (including phenoxy) is 1. The molecule has 1 aromatic carbocycles. The highest BCUT2D eigenvalue weighted by atomic mass is 16.5. The number of aryl methyl sites for hydroxylation is 1. The Kier molecular flexibility index (Phi) is 3.28. The Morgan fingerprint density at radius 1 is 1.28 bits per heavy atom. The van der Waals surface area contributed by atoms with E-state index in [0.29, 0.717) is 16.8 Å². The SMILES string of the molecule is COC(=O)c1cc(O)cc(-c2ccc(C)cn2)c1. The van der Waals surface area contributed by atoms with Crippen LogP contribution in [0.1, 0.15) is 15.9 Å². The van der Waals surface area contributed by atoms with E-state index in [9.17, 15) is 9.90 Å². The van der Waals surface area contributed by atoms with Gasteiger partial charge in [-0.25, -0.2) is 4.79 Å². The topological polar surface area (TPSA) is 59.4 Å². The third kappa shape index (κ3) is 2.48. The predicted octanol–water partition coefficient (Wildman–Crippen LogP) is 2.55. The van der Waals surface area contributed by atoms with Crippen LogP contribution in [0.5, 0.6) is 5.75 Å². The van der Waals surface area contributed by atoms with E-state index in [1.165, 1.54) is 13.2 Å². The zero-order valence-electron chi connectivity index (χ0n) is 10.2. The Balaban J connectivity index is 2.48. The van der Waals surface area contributed by atoms with Gasteiger partial charge in [-0.3, -0.25) is 4.98 Å². The van der Waals surface area contributed by atoms with Crippen molar-refractivity contribution >= 4 is 5.97 Å². The van der Waals surface area contributed by atoms with Crippen molar-refractivity contribution < 1.29 is 14.6 Å². The van der Waals surface area contributed by atoms with Gasteiger partial charge in [0.15, 0.2) is 0 Å². The normalized spacial score (nSPS) is 10.1. The van der Waals surface area contributed by atoms with E-state index in [0.717, 1.165) is 5.56 Å². The zero-order valence-corrected chi connectivity index (χ0v) is 10.2. The number of aromatic nitrogens is 1. The summed E-state index contributed by atoms with van der Waals surface area (Å²) in [7, 11) is 1.30. The summed E-state index contributed by atoms with van der Waals surface area (Å²) < 4.78 is 4.63. The van der Waals surface area contributed by atoms with Crippen LogP contribution in [0, 0.1) is 6.92 Å². The average Bonchev–Trinajstić information content (AvgIpc) is 2.38. The summed E-state index contributed by atoms with van der Waals surface area (Å²) in [5.74, 6) is -0.477. The van der Waals surface area contributed by atoms with E-state index in [1.54, 1.807) is 18.3 Å². The van der Waals surface area contributed by atoms with Gasteiger partial charge in [-0.2, -0.15) is 0 Å². The smallest absolute Gasteiger partial charge is 0.338 e. The van der Waals surface area contributed by atoms with E-state index in [2.05, 4.69) is 9.72 Å². The molecule has 0 amide bonds. The molecular weight excluding hydrogens is 230 g/mol.